The van der Waals surface area contributed by atoms with Crippen LogP contribution >= 0.6 is 23.2 Å². The monoisotopic (exact) mass is 681 g/mol. The number of rotatable bonds is 13. The van der Waals surface area contributed by atoms with Crippen molar-refractivity contribution in [2.75, 3.05) is 18.0 Å². The Bertz CT molecular complexity index is 1750. The van der Waals surface area contributed by atoms with E-state index >= 15 is 0 Å². The van der Waals surface area contributed by atoms with Crippen LogP contribution in [0.3, 0.4) is 0 Å². The van der Waals surface area contributed by atoms with Gasteiger partial charge in [-0.25, -0.2) is 8.42 Å². The molecule has 1 N–H and O–H groups in total. The molecule has 2 amide bonds. The molecule has 1 atom stereocenters. The zero-order valence-corrected chi connectivity index (χ0v) is 28.4. The number of carbonyl (C=O) groups is 2. The van der Waals surface area contributed by atoms with Crippen molar-refractivity contribution < 1.29 is 22.7 Å². The average molecular weight is 683 g/mol. The van der Waals surface area contributed by atoms with Crippen LogP contribution in [-0.2, 0) is 32.6 Å². The number of hydrogen-bond acceptors (Lipinski definition) is 5. The summed E-state index contributed by atoms with van der Waals surface area (Å²) >= 11 is 12.7. The van der Waals surface area contributed by atoms with Crippen LogP contribution in [0.1, 0.15) is 30.5 Å². The standard InChI is InChI=1S/C35H37Cl2N3O5S/c1-24(2)38-35(42)33(20-26-8-6-5-7-9-26)39(22-27-12-13-28(36)21-32(27)37)34(41)23-40(29-14-10-25(3)11-15-29)46(43,44)31-18-16-30(45-4)17-19-31/h5-19,21,24,33H,20,22-23H2,1-4H3,(H,38,42)/t33-/m1/s1. The minimum Gasteiger partial charge on any atom is -0.497 e. The van der Waals surface area contributed by atoms with Crippen molar-refractivity contribution in [3.63, 3.8) is 0 Å². The normalized spacial score (nSPS) is 12.0. The summed E-state index contributed by atoms with van der Waals surface area (Å²) in [6.45, 7) is 4.90. The van der Waals surface area contributed by atoms with Gasteiger partial charge in [-0.05, 0) is 80.4 Å². The summed E-state index contributed by atoms with van der Waals surface area (Å²) in [5.74, 6) is -0.483. The van der Waals surface area contributed by atoms with E-state index in [-0.39, 0.29) is 29.8 Å². The molecule has 0 saturated carbocycles. The molecule has 46 heavy (non-hydrogen) atoms. The van der Waals surface area contributed by atoms with Gasteiger partial charge >= 0.3 is 0 Å². The van der Waals surface area contributed by atoms with E-state index in [9.17, 15) is 18.0 Å². The van der Waals surface area contributed by atoms with E-state index in [1.54, 1.807) is 54.6 Å². The number of sulfonamides is 1. The number of amides is 2. The van der Waals surface area contributed by atoms with Crippen molar-refractivity contribution in [3.05, 3.63) is 124 Å². The van der Waals surface area contributed by atoms with Crippen LogP contribution in [0.25, 0.3) is 0 Å². The van der Waals surface area contributed by atoms with Gasteiger partial charge in [0, 0.05) is 29.1 Å². The molecule has 0 fully saturated rings. The maximum absolute atomic E-state index is 14.5. The first-order valence-corrected chi connectivity index (χ1v) is 16.9. The first kappa shape index (κ1) is 34.8. The molecule has 4 rings (SSSR count). The highest BCUT2D eigenvalue weighted by Gasteiger charge is 2.35. The van der Waals surface area contributed by atoms with Gasteiger partial charge in [0.05, 0.1) is 17.7 Å². The zero-order valence-electron chi connectivity index (χ0n) is 26.1. The van der Waals surface area contributed by atoms with Gasteiger partial charge in [0.25, 0.3) is 10.0 Å². The summed E-state index contributed by atoms with van der Waals surface area (Å²) in [6, 6.07) is 25.8. The third-order valence-electron chi connectivity index (χ3n) is 7.31. The highest BCUT2D eigenvalue weighted by atomic mass is 35.5. The van der Waals surface area contributed by atoms with E-state index in [0.717, 1.165) is 15.4 Å². The van der Waals surface area contributed by atoms with Gasteiger partial charge in [-0.2, -0.15) is 0 Å². The van der Waals surface area contributed by atoms with Gasteiger partial charge in [-0.15, -0.1) is 0 Å². The van der Waals surface area contributed by atoms with Crippen molar-refractivity contribution in [3.8, 4) is 5.75 Å². The van der Waals surface area contributed by atoms with Crippen molar-refractivity contribution in [2.45, 2.75) is 50.7 Å². The third kappa shape index (κ3) is 8.81. The van der Waals surface area contributed by atoms with Crippen LogP contribution in [0.4, 0.5) is 5.69 Å². The molecule has 0 aliphatic carbocycles. The molecule has 0 saturated heterocycles. The molecule has 0 spiro atoms. The van der Waals surface area contributed by atoms with Crippen LogP contribution in [0.5, 0.6) is 5.75 Å². The Hall–Kier alpha value is -4.05. The topological polar surface area (TPSA) is 96.0 Å². The molecule has 8 nitrogen and oxygen atoms in total. The summed E-state index contributed by atoms with van der Waals surface area (Å²) in [5.41, 5.74) is 2.59. The first-order valence-electron chi connectivity index (χ1n) is 14.7. The van der Waals surface area contributed by atoms with Crippen LogP contribution in [0.15, 0.2) is 102 Å². The maximum Gasteiger partial charge on any atom is 0.264 e. The molecule has 0 unspecified atom stereocenters. The number of nitrogens with one attached hydrogen (secondary N) is 1. The fourth-order valence-electron chi connectivity index (χ4n) is 4.88. The fourth-order valence-corrected chi connectivity index (χ4v) is 6.77. The van der Waals surface area contributed by atoms with E-state index in [1.165, 1.54) is 24.1 Å². The predicted molar refractivity (Wildman–Crippen MR) is 183 cm³/mol. The van der Waals surface area contributed by atoms with Crippen LogP contribution in [0, 0.1) is 6.92 Å². The lowest BCUT2D eigenvalue weighted by atomic mass is 10.0. The summed E-state index contributed by atoms with van der Waals surface area (Å²) in [5, 5.41) is 3.67. The summed E-state index contributed by atoms with van der Waals surface area (Å²) in [6.07, 6.45) is 0.187. The molecule has 0 aliphatic heterocycles. The Morgan fingerprint density at radius 2 is 1.54 bits per heavy atom. The first-order chi connectivity index (χ1) is 21.9. The Kier molecular flexibility index (Phi) is 11.7. The summed E-state index contributed by atoms with van der Waals surface area (Å²) in [7, 11) is -2.76. The Morgan fingerprint density at radius 3 is 2.13 bits per heavy atom. The Morgan fingerprint density at radius 1 is 0.891 bits per heavy atom. The quantitative estimate of drug-likeness (QED) is 0.170. The number of aryl methyl sites for hydroxylation is 1. The third-order valence-corrected chi connectivity index (χ3v) is 9.68. The molecular weight excluding hydrogens is 645 g/mol. The molecule has 0 bridgehead atoms. The minimum absolute atomic E-state index is 0.0210. The van der Waals surface area contributed by atoms with Gasteiger partial charge in [-0.1, -0.05) is 77.3 Å². The molecule has 242 valence electrons. The van der Waals surface area contributed by atoms with E-state index in [4.69, 9.17) is 27.9 Å². The second-order valence-corrected chi connectivity index (χ2v) is 13.9. The Balaban J connectivity index is 1.82. The van der Waals surface area contributed by atoms with Crippen LogP contribution < -0.4 is 14.4 Å². The molecule has 4 aromatic rings. The molecule has 11 heteroatoms. The maximum atomic E-state index is 14.5. The van der Waals surface area contributed by atoms with Gasteiger partial charge in [-0.3, -0.25) is 13.9 Å². The SMILES string of the molecule is COc1ccc(S(=O)(=O)N(CC(=O)N(Cc2ccc(Cl)cc2Cl)[C@H](Cc2ccccc2)C(=O)NC(C)C)c2ccc(C)cc2)cc1. The summed E-state index contributed by atoms with van der Waals surface area (Å²) in [4.78, 5) is 29.7. The molecule has 0 radical (unpaired) electrons. The molecule has 4 aromatic carbocycles. The number of methoxy groups -OCH3 is 1. The summed E-state index contributed by atoms with van der Waals surface area (Å²) < 4.78 is 34.6. The molecule has 0 heterocycles. The lowest BCUT2D eigenvalue weighted by Gasteiger charge is -2.34. The largest absolute Gasteiger partial charge is 0.497 e. The number of anilines is 1. The Labute approximate surface area is 280 Å². The van der Waals surface area contributed by atoms with Crippen molar-refractivity contribution in [1.82, 2.24) is 10.2 Å². The van der Waals surface area contributed by atoms with E-state index in [0.29, 0.717) is 27.0 Å². The highest BCUT2D eigenvalue weighted by Crippen LogP contribution is 2.28. The van der Waals surface area contributed by atoms with Gasteiger partial charge in [0.2, 0.25) is 11.8 Å². The van der Waals surface area contributed by atoms with E-state index in [1.807, 2.05) is 51.1 Å². The van der Waals surface area contributed by atoms with Crippen molar-refractivity contribution >= 4 is 50.7 Å². The number of hydrogen-bond donors (Lipinski definition) is 1. The van der Waals surface area contributed by atoms with E-state index in [2.05, 4.69) is 5.32 Å². The molecule has 0 aliphatic rings. The predicted octanol–water partition coefficient (Wildman–Crippen LogP) is 6.67. The number of halogens is 2. The van der Waals surface area contributed by atoms with Crippen molar-refractivity contribution in [2.24, 2.45) is 0 Å². The average Bonchev–Trinajstić information content (AvgIpc) is 3.03. The van der Waals surface area contributed by atoms with Crippen molar-refractivity contribution in [1.29, 1.82) is 0 Å². The minimum atomic E-state index is -4.24. The van der Waals surface area contributed by atoms with Crippen LogP contribution in [-0.4, -0.2) is 50.9 Å². The fraction of sp³-hybridized carbons (Fsp3) is 0.257. The van der Waals surface area contributed by atoms with Crippen LogP contribution in [0.2, 0.25) is 10.0 Å². The number of nitrogens with zero attached hydrogens (tertiary/aromatic N) is 2. The second-order valence-electron chi connectivity index (χ2n) is 11.1. The van der Waals surface area contributed by atoms with Gasteiger partial charge in [0.1, 0.15) is 18.3 Å². The highest BCUT2D eigenvalue weighted by molar-refractivity contribution is 7.92. The number of ether oxygens (including phenoxy) is 1. The zero-order chi connectivity index (χ0) is 33.4. The molecular formula is C35H37Cl2N3O5S. The van der Waals surface area contributed by atoms with Gasteiger partial charge < -0.3 is 15.0 Å². The lowest BCUT2D eigenvalue weighted by Crippen LogP contribution is -2.54. The number of benzene rings is 4. The smallest absolute Gasteiger partial charge is 0.264 e. The van der Waals surface area contributed by atoms with E-state index < -0.39 is 28.5 Å². The molecule has 0 aromatic heterocycles. The number of carbonyl (C=O) groups excluding carboxylic acids is 2. The van der Waals surface area contributed by atoms with Gasteiger partial charge in [0.15, 0.2) is 0 Å². The second kappa shape index (κ2) is 15.5. The lowest BCUT2D eigenvalue weighted by molar-refractivity contribution is -0.140.